The molecular weight excluding hydrogens is 432 g/mol. The van der Waals surface area contributed by atoms with Crippen molar-refractivity contribution in [3.05, 3.63) is 95.1 Å². The quantitative estimate of drug-likeness (QED) is 0.570. The molecule has 0 aliphatic carbocycles. The van der Waals surface area contributed by atoms with Gasteiger partial charge in [-0.25, -0.2) is 4.79 Å². The number of amides is 2. The van der Waals surface area contributed by atoms with Crippen molar-refractivity contribution in [2.45, 2.75) is 25.6 Å². The molecule has 1 atom stereocenters. The fraction of sp³-hybridized carbons (Fsp3) is 0.259. The Bertz CT molecular complexity index is 1130. The number of nitrogens with zero attached hydrogens (tertiary/aromatic N) is 1. The molecule has 0 fully saturated rings. The molecule has 7 nitrogen and oxygen atoms in total. The molecule has 4 rings (SSSR count). The Morgan fingerprint density at radius 2 is 1.53 bits per heavy atom. The molecule has 7 heteroatoms. The van der Waals surface area contributed by atoms with Gasteiger partial charge >= 0.3 is 6.09 Å². The molecule has 3 aromatic rings. The lowest BCUT2D eigenvalue weighted by atomic mass is 9.91. The van der Waals surface area contributed by atoms with Crippen LogP contribution in [-0.4, -0.2) is 37.7 Å². The SMILES string of the molecule is COc1cc2c(cc1OC)C(C(=O)NCc1ccccc1)N(C(=O)OCc1ccccc1)CC2. The van der Waals surface area contributed by atoms with Gasteiger partial charge in [-0.1, -0.05) is 60.7 Å². The first-order valence-corrected chi connectivity index (χ1v) is 11.1. The highest BCUT2D eigenvalue weighted by Gasteiger charge is 2.37. The minimum Gasteiger partial charge on any atom is -0.493 e. The van der Waals surface area contributed by atoms with Gasteiger partial charge in [0.05, 0.1) is 14.2 Å². The Labute approximate surface area is 199 Å². The van der Waals surface area contributed by atoms with E-state index in [1.54, 1.807) is 20.3 Å². The molecule has 1 N–H and O–H groups in total. The number of carbonyl (C=O) groups is 2. The number of rotatable bonds is 7. The molecule has 0 saturated carbocycles. The Kier molecular flexibility index (Phi) is 7.32. The largest absolute Gasteiger partial charge is 0.493 e. The molecule has 34 heavy (non-hydrogen) atoms. The number of carbonyl (C=O) groups excluding carboxylic acids is 2. The summed E-state index contributed by atoms with van der Waals surface area (Å²) < 4.78 is 16.5. The van der Waals surface area contributed by atoms with Crippen LogP contribution in [0.4, 0.5) is 4.79 Å². The van der Waals surface area contributed by atoms with Gasteiger partial charge in [-0.3, -0.25) is 9.69 Å². The first-order valence-electron chi connectivity index (χ1n) is 11.1. The molecule has 1 unspecified atom stereocenters. The van der Waals surface area contributed by atoms with Gasteiger partial charge in [0.15, 0.2) is 11.5 Å². The van der Waals surface area contributed by atoms with Crippen molar-refractivity contribution in [1.82, 2.24) is 10.2 Å². The average Bonchev–Trinajstić information content (AvgIpc) is 2.89. The normalized spacial score (nSPS) is 14.6. The highest BCUT2D eigenvalue weighted by molar-refractivity contribution is 5.88. The van der Waals surface area contributed by atoms with Crippen LogP contribution in [0.25, 0.3) is 0 Å². The lowest BCUT2D eigenvalue weighted by Crippen LogP contribution is -2.47. The molecule has 3 aromatic carbocycles. The highest BCUT2D eigenvalue weighted by atomic mass is 16.6. The van der Waals surface area contributed by atoms with E-state index < -0.39 is 12.1 Å². The molecule has 2 amide bonds. The zero-order valence-electron chi connectivity index (χ0n) is 19.3. The monoisotopic (exact) mass is 460 g/mol. The second-order valence-electron chi connectivity index (χ2n) is 8.00. The third-order valence-corrected chi connectivity index (χ3v) is 5.87. The van der Waals surface area contributed by atoms with E-state index in [4.69, 9.17) is 14.2 Å². The number of hydrogen-bond acceptors (Lipinski definition) is 5. The van der Waals surface area contributed by atoms with Crippen molar-refractivity contribution in [2.24, 2.45) is 0 Å². The maximum Gasteiger partial charge on any atom is 0.411 e. The van der Waals surface area contributed by atoms with Crippen LogP contribution in [0.15, 0.2) is 72.8 Å². The topological polar surface area (TPSA) is 77.1 Å². The predicted octanol–water partition coefficient (Wildman–Crippen LogP) is 4.26. The van der Waals surface area contributed by atoms with E-state index in [0.29, 0.717) is 36.6 Å². The second kappa shape index (κ2) is 10.7. The summed E-state index contributed by atoms with van der Waals surface area (Å²) in [6.07, 6.45) is 0.0302. The molecule has 1 aliphatic heterocycles. The first kappa shape index (κ1) is 23.2. The summed E-state index contributed by atoms with van der Waals surface area (Å²) in [6, 6.07) is 21.9. The molecule has 0 bridgehead atoms. The van der Waals surface area contributed by atoms with Gasteiger partial charge in [0, 0.05) is 13.1 Å². The third-order valence-electron chi connectivity index (χ3n) is 5.87. The van der Waals surface area contributed by atoms with Crippen LogP contribution in [0.1, 0.15) is 28.3 Å². The molecule has 1 aliphatic rings. The Balaban J connectivity index is 1.60. The third kappa shape index (κ3) is 5.14. The van der Waals surface area contributed by atoms with E-state index in [2.05, 4.69) is 5.32 Å². The van der Waals surface area contributed by atoms with Gasteiger partial charge in [-0.15, -0.1) is 0 Å². The van der Waals surface area contributed by atoms with E-state index in [1.807, 2.05) is 66.7 Å². The van der Waals surface area contributed by atoms with Crippen LogP contribution in [0.5, 0.6) is 11.5 Å². The maximum absolute atomic E-state index is 13.4. The standard InChI is InChI=1S/C27H28N2O5/c1-32-23-15-21-13-14-29(27(31)34-18-20-11-7-4-8-12-20)25(22(21)16-24(23)33-2)26(30)28-17-19-9-5-3-6-10-19/h3-12,15-16,25H,13-14,17-18H2,1-2H3,(H,28,30). The predicted molar refractivity (Wildman–Crippen MR) is 128 cm³/mol. The summed E-state index contributed by atoms with van der Waals surface area (Å²) >= 11 is 0. The van der Waals surface area contributed by atoms with Crippen molar-refractivity contribution < 1.29 is 23.8 Å². The first-order chi connectivity index (χ1) is 16.6. The molecule has 0 spiro atoms. The number of ether oxygens (including phenoxy) is 3. The average molecular weight is 461 g/mol. The summed E-state index contributed by atoms with van der Waals surface area (Å²) in [5, 5.41) is 2.97. The fourth-order valence-electron chi connectivity index (χ4n) is 4.11. The minimum absolute atomic E-state index is 0.132. The van der Waals surface area contributed by atoms with Crippen LogP contribution in [0.2, 0.25) is 0 Å². The second-order valence-corrected chi connectivity index (χ2v) is 8.00. The Hall–Kier alpha value is -4.00. The van der Waals surface area contributed by atoms with Gasteiger partial charge in [-0.2, -0.15) is 0 Å². The summed E-state index contributed by atoms with van der Waals surface area (Å²) in [5.41, 5.74) is 3.48. The van der Waals surface area contributed by atoms with Gasteiger partial charge in [0.2, 0.25) is 5.91 Å². The molecule has 0 aromatic heterocycles. The van der Waals surface area contributed by atoms with Gasteiger partial charge in [0.25, 0.3) is 0 Å². The molecule has 1 heterocycles. The zero-order chi connectivity index (χ0) is 23.9. The van der Waals surface area contributed by atoms with Crippen LogP contribution < -0.4 is 14.8 Å². The zero-order valence-corrected chi connectivity index (χ0v) is 19.3. The van der Waals surface area contributed by atoms with Gasteiger partial charge < -0.3 is 19.5 Å². The van der Waals surface area contributed by atoms with Crippen LogP contribution in [0, 0.1) is 0 Å². The fourth-order valence-corrected chi connectivity index (χ4v) is 4.11. The molecule has 176 valence electrons. The summed E-state index contributed by atoms with van der Waals surface area (Å²) in [5.74, 6) is 0.806. The van der Waals surface area contributed by atoms with Crippen molar-refractivity contribution in [3.8, 4) is 11.5 Å². The number of benzene rings is 3. The Morgan fingerprint density at radius 3 is 2.18 bits per heavy atom. The van der Waals surface area contributed by atoms with Crippen molar-refractivity contribution in [2.75, 3.05) is 20.8 Å². The number of methoxy groups -OCH3 is 2. The van der Waals surface area contributed by atoms with E-state index >= 15 is 0 Å². The highest BCUT2D eigenvalue weighted by Crippen LogP contribution is 2.38. The van der Waals surface area contributed by atoms with Gasteiger partial charge in [-0.05, 0) is 40.8 Å². The molecule has 0 saturated heterocycles. The number of nitrogens with one attached hydrogen (secondary N) is 1. The van der Waals surface area contributed by atoms with Crippen molar-refractivity contribution in [3.63, 3.8) is 0 Å². The number of fused-ring (bicyclic) bond motifs is 1. The number of hydrogen-bond donors (Lipinski definition) is 1. The van der Waals surface area contributed by atoms with Crippen molar-refractivity contribution >= 4 is 12.0 Å². The lowest BCUT2D eigenvalue weighted by molar-refractivity contribution is -0.126. The molecule has 0 radical (unpaired) electrons. The smallest absolute Gasteiger partial charge is 0.411 e. The van der Waals surface area contributed by atoms with E-state index in [9.17, 15) is 9.59 Å². The summed E-state index contributed by atoms with van der Waals surface area (Å²) in [7, 11) is 3.12. The summed E-state index contributed by atoms with van der Waals surface area (Å²) in [4.78, 5) is 28.0. The molecular formula is C27H28N2O5. The van der Waals surface area contributed by atoms with E-state index in [0.717, 1.165) is 16.7 Å². The minimum atomic E-state index is -0.851. The van der Waals surface area contributed by atoms with E-state index in [-0.39, 0.29) is 12.5 Å². The van der Waals surface area contributed by atoms with Crippen molar-refractivity contribution in [1.29, 1.82) is 0 Å². The maximum atomic E-state index is 13.4. The Morgan fingerprint density at radius 1 is 0.912 bits per heavy atom. The van der Waals surface area contributed by atoms with Crippen LogP contribution >= 0.6 is 0 Å². The van der Waals surface area contributed by atoms with Crippen LogP contribution in [0.3, 0.4) is 0 Å². The van der Waals surface area contributed by atoms with Gasteiger partial charge in [0.1, 0.15) is 12.6 Å². The summed E-state index contributed by atoms with van der Waals surface area (Å²) in [6.45, 7) is 0.832. The van der Waals surface area contributed by atoms with E-state index in [1.165, 1.54) is 4.90 Å². The van der Waals surface area contributed by atoms with Crippen LogP contribution in [-0.2, 0) is 29.1 Å². The lowest BCUT2D eigenvalue weighted by Gasteiger charge is -2.36.